The summed E-state index contributed by atoms with van der Waals surface area (Å²) in [5.74, 6) is 6.38. The van der Waals surface area contributed by atoms with Crippen molar-refractivity contribution < 1.29 is 0 Å². The van der Waals surface area contributed by atoms with Gasteiger partial charge in [0.25, 0.3) is 0 Å². The molecule has 0 unspecified atom stereocenters. The summed E-state index contributed by atoms with van der Waals surface area (Å²) < 4.78 is 2.09. The van der Waals surface area contributed by atoms with Gasteiger partial charge in [0.05, 0.1) is 35.4 Å². The fourth-order valence-electron chi connectivity index (χ4n) is 3.72. The first-order chi connectivity index (χ1) is 15.2. The molecule has 0 aliphatic carbocycles. The fraction of sp³-hybridized carbons (Fsp3) is 0.0769. The lowest BCUT2D eigenvalue weighted by atomic mass is 10.1. The number of hydrogen-bond donors (Lipinski definition) is 0. The van der Waals surface area contributed by atoms with Crippen molar-refractivity contribution in [1.29, 1.82) is 5.26 Å². The van der Waals surface area contributed by atoms with Crippen molar-refractivity contribution in [3.63, 3.8) is 0 Å². The Hall–Kier alpha value is -4.48. The van der Waals surface area contributed by atoms with Crippen molar-refractivity contribution >= 4 is 21.9 Å². The third-order valence-electron chi connectivity index (χ3n) is 5.19. The number of nitriles is 1. The number of fused-ring (bicyclic) bond motifs is 3. The highest BCUT2D eigenvalue weighted by molar-refractivity contribution is 6.03. The molecule has 5 heteroatoms. The number of hydrogen-bond acceptors (Lipinski definition) is 4. The number of nitrogens with zero attached hydrogens (tertiary/aromatic N) is 5. The van der Waals surface area contributed by atoms with Gasteiger partial charge in [0.2, 0.25) is 0 Å². The van der Waals surface area contributed by atoms with E-state index in [0.717, 1.165) is 49.9 Å². The molecule has 0 fully saturated rings. The number of aromatic nitrogens is 4. The van der Waals surface area contributed by atoms with E-state index in [-0.39, 0.29) is 0 Å². The minimum atomic E-state index is 0.400. The fourth-order valence-corrected chi connectivity index (χ4v) is 3.72. The van der Waals surface area contributed by atoms with Crippen molar-refractivity contribution in [2.24, 2.45) is 0 Å². The third kappa shape index (κ3) is 3.50. The van der Waals surface area contributed by atoms with Gasteiger partial charge >= 0.3 is 0 Å². The number of benzene rings is 2. The van der Waals surface area contributed by atoms with Crippen LogP contribution in [0, 0.1) is 30.1 Å². The zero-order chi connectivity index (χ0) is 21.2. The van der Waals surface area contributed by atoms with Gasteiger partial charge in [-0.3, -0.25) is 14.5 Å². The smallest absolute Gasteiger partial charge is 0.108 e. The lowest BCUT2D eigenvalue weighted by Gasteiger charge is -2.11. The predicted octanol–water partition coefficient (Wildman–Crippen LogP) is 4.74. The molecule has 5 rings (SSSR count). The molecule has 0 N–H and O–H groups in total. The first kappa shape index (κ1) is 18.5. The number of aryl methyl sites for hydroxylation is 1. The first-order valence-corrected chi connectivity index (χ1v) is 9.87. The topological polar surface area (TPSA) is 67.4 Å². The summed E-state index contributed by atoms with van der Waals surface area (Å²) in [5, 5.41) is 9.97. The molecule has 0 atom stereocenters. The van der Waals surface area contributed by atoms with Gasteiger partial charge in [-0.1, -0.05) is 24.0 Å². The van der Waals surface area contributed by atoms with Gasteiger partial charge in [0.15, 0.2) is 0 Å². The molecule has 2 aromatic carbocycles. The number of rotatable bonds is 2. The quantitative estimate of drug-likeness (QED) is 0.402. The Bertz CT molecular complexity index is 1530. The molecular formula is C26H17N5. The maximum Gasteiger partial charge on any atom is 0.108 e. The molecule has 3 heterocycles. The van der Waals surface area contributed by atoms with Crippen LogP contribution in [0.4, 0.5) is 0 Å². The average molecular weight is 399 g/mol. The molecule has 0 radical (unpaired) electrons. The standard InChI is InChI=1S/C26H17N5/c1-18-13-20(10-11-27)7-9-25(18)31-17-30-24-16-29-23-8-6-19(14-22(23)26(24)31)4-5-21-3-2-12-28-15-21/h2-3,6-9,12-17H,10H2,1H3. The second kappa shape index (κ2) is 7.74. The van der Waals surface area contributed by atoms with Crippen LogP contribution in [0.2, 0.25) is 0 Å². The third-order valence-corrected chi connectivity index (χ3v) is 5.19. The lowest BCUT2D eigenvalue weighted by Crippen LogP contribution is -1.98. The van der Waals surface area contributed by atoms with Crippen LogP contribution >= 0.6 is 0 Å². The van der Waals surface area contributed by atoms with E-state index in [1.807, 2.05) is 42.7 Å². The van der Waals surface area contributed by atoms with Crippen LogP contribution < -0.4 is 0 Å². The molecule has 0 aliphatic heterocycles. The van der Waals surface area contributed by atoms with Gasteiger partial charge in [0.1, 0.15) is 11.8 Å². The van der Waals surface area contributed by atoms with E-state index in [1.54, 1.807) is 18.6 Å². The molecular weight excluding hydrogens is 382 g/mol. The van der Waals surface area contributed by atoms with E-state index < -0.39 is 0 Å². The number of pyridine rings is 2. The van der Waals surface area contributed by atoms with Gasteiger partial charge in [-0.2, -0.15) is 5.26 Å². The summed E-state index contributed by atoms with van der Waals surface area (Å²) >= 11 is 0. The van der Waals surface area contributed by atoms with Crippen LogP contribution in [-0.4, -0.2) is 19.5 Å². The minimum Gasteiger partial charge on any atom is -0.298 e. The van der Waals surface area contributed by atoms with Gasteiger partial charge < -0.3 is 0 Å². The summed E-state index contributed by atoms with van der Waals surface area (Å²) in [5.41, 5.74) is 7.61. The molecule has 5 aromatic rings. The van der Waals surface area contributed by atoms with Crippen LogP contribution in [0.15, 0.2) is 73.4 Å². The molecule has 3 aromatic heterocycles. The summed E-state index contributed by atoms with van der Waals surface area (Å²) in [6.07, 6.45) is 7.51. The Kier molecular flexibility index (Phi) is 4.63. The summed E-state index contributed by atoms with van der Waals surface area (Å²) in [6, 6.07) is 18.1. The molecule has 0 saturated carbocycles. The molecule has 0 aliphatic rings. The van der Waals surface area contributed by atoms with Crippen molar-refractivity contribution in [1.82, 2.24) is 19.5 Å². The van der Waals surface area contributed by atoms with Gasteiger partial charge in [-0.15, -0.1) is 0 Å². The van der Waals surface area contributed by atoms with E-state index in [0.29, 0.717) is 6.42 Å². The summed E-state index contributed by atoms with van der Waals surface area (Å²) in [4.78, 5) is 13.2. The molecule has 146 valence electrons. The Labute approximate surface area is 179 Å². The number of imidazole rings is 1. The van der Waals surface area contributed by atoms with E-state index in [2.05, 4.69) is 56.5 Å². The Balaban J connectivity index is 1.67. The zero-order valence-corrected chi connectivity index (χ0v) is 16.9. The van der Waals surface area contributed by atoms with Crippen LogP contribution in [-0.2, 0) is 6.42 Å². The van der Waals surface area contributed by atoms with E-state index in [1.165, 1.54) is 0 Å². The molecule has 0 spiro atoms. The van der Waals surface area contributed by atoms with Crippen molar-refractivity contribution in [2.45, 2.75) is 13.3 Å². The highest BCUT2D eigenvalue weighted by Gasteiger charge is 2.12. The zero-order valence-electron chi connectivity index (χ0n) is 16.9. The highest BCUT2D eigenvalue weighted by Crippen LogP contribution is 2.28. The van der Waals surface area contributed by atoms with Crippen LogP contribution in [0.5, 0.6) is 0 Å². The maximum atomic E-state index is 8.98. The molecule has 31 heavy (non-hydrogen) atoms. The van der Waals surface area contributed by atoms with E-state index in [9.17, 15) is 0 Å². The molecule has 5 nitrogen and oxygen atoms in total. The first-order valence-electron chi connectivity index (χ1n) is 9.87. The van der Waals surface area contributed by atoms with Gasteiger partial charge in [0, 0.05) is 28.9 Å². The van der Waals surface area contributed by atoms with Crippen molar-refractivity contribution in [2.75, 3.05) is 0 Å². The Morgan fingerprint density at radius 2 is 1.84 bits per heavy atom. The van der Waals surface area contributed by atoms with Crippen LogP contribution in [0.1, 0.15) is 22.3 Å². The second-order valence-electron chi connectivity index (χ2n) is 7.29. The largest absolute Gasteiger partial charge is 0.298 e. The molecule has 0 amide bonds. The normalized spacial score (nSPS) is 10.6. The Morgan fingerprint density at radius 3 is 2.65 bits per heavy atom. The van der Waals surface area contributed by atoms with Crippen molar-refractivity contribution in [3.05, 3.63) is 95.7 Å². The maximum absolute atomic E-state index is 8.98. The Morgan fingerprint density at radius 1 is 0.935 bits per heavy atom. The van der Waals surface area contributed by atoms with Gasteiger partial charge in [-0.25, -0.2) is 4.98 Å². The predicted molar refractivity (Wildman–Crippen MR) is 121 cm³/mol. The lowest BCUT2D eigenvalue weighted by molar-refractivity contribution is 1.07. The van der Waals surface area contributed by atoms with Crippen LogP contribution in [0.25, 0.3) is 27.6 Å². The molecule has 0 saturated heterocycles. The minimum absolute atomic E-state index is 0.400. The summed E-state index contributed by atoms with van der Waals surface area (Å²) in [6.45, 7) is 2.05. The van der Waals surface area contributed by atoms with E-state index in [4.69, 9.17) is 5.26 Å². The second-order valence-corrected chi connectivity index (χ2v) is 7.29. The highest BCUT2D eigenvalue weighted by atomic mass is 15.1. The molecule has 0 bridgehead atoms. The summed E-state index contributed by atoms with van der Waals surface area (Å²) in [7, 11) is 0. The monoisotopic (exact) mass is 399 g/mol. The van der Waals surface area contributed by atoms with E-state index >= 15 is 0 Å². The van der Waals surface area contributed by atoms with Crippen molar-refractivity contribution in [3.8, 4) is 23.6 Å². The van der Waals surface area contributed by atoms with Gasteiger partial charge in [-0.05, 0) is 54.4 Å². The SMILES string of the molecule is Cc1cc(CC#N)ccc1-n1cnc2cnc3ccc(C#Cc4cccnc4)cc3c21. The average Bonchev–Trinajstić information content (AvgIpc) is 3.23. The van der Waals surface area contributed by atoms with Crippen LogP contribution in [0.3, 0.4) is 0 Å².